The molecule has 2 aromatic heterocycles. The molecule has 3 aromatic rings. The number of H-pyrrole nitrogens is 1. The molecule has 1 aliphatic heterocycles. The van der Waals surface area contributed by atoms with Gasteiger partial charge in [-0.15, -0.1) is 5.10 Å². The average Bonchev–Trinajstić information content (AvgIpc) is 3.36. The number of piperidine rings is 1. The van der Waals surface area contributed by atoms with Gasteiger partial charge >= 0.3 is 0 Å². The van der Waals surface area contributed by atoms with Crippen LogP contribution in [0.2, 0.25) is 0 Å². The summed E-state index contributed by atoms with van der Waals surface area (Å²) < 4.78 is 1.84. The molecule has 3 heterocycles. The normalized spacial score (nSPS) is 14.3. The van der Waals surface area contributed by atoms with Gasteiger partial charge in [0.2, 0.25) is 11.9 Å². The second-order valence-electron chi connectivity index (χ2n) is 6.29. The number of imidazole rings is 1. The second kappa shape index (κ2) is 7.83. The number of benzene rings is 1. The molecular weight excluding hydrogens is 362 g/mol. The Labute approximate surface area is 161 Å². The zero-order valence-corrected chi connectivity index (χ0v) is 15.9. The topological polar surface area (TPSA) is 91.7 Å². The molecule has 1 saturated heterocycles. The number of hydrogen-bond donors (Lipinski definition) is 2. The fourth-order valence-corrected chi connectivity index (χ4v) is 3.73. The van der Waals surface area contributed by atoms with Crippen LogP contribution in [-0.2, 0) is 0 Å². The highest BCUT2D eigenvalue weighted by Crippen LogP contribution is 2.22. The number of nitrogens with zero attached hydrogens (tertiary/aromatic N) is 5. The van der Waals surface area contributed by atoms with E-state index in [1.807, 2.05) is 41.2 Å². The van der Waals surface area contributed by atoms with E-state index in [0.29, 0.717) is 17.6 Å². The molecule has 0 saturated carbocycles. The summed E-state index contributed by atoms with van der Waals surface area (Å²) in [6, 6.07) is 9.70. The average molecular weight is 383 g/mol. The Hall–Kier alpha value is -2.81. The third-order valence-electron chi connectivity index (χ3n) is 4.50. The number of hydrogen-bond acceptors (Lipinski definition) is 6. The third-order valence-corrected chi connectivity index (χ3v) is 5.16. The highest BCUT2D eigenvalue weighted by atomic mass is 32.2. The van der Waals surface area contributed by atoms with Crippen molar-refractivity contribution in [2.45, 2.75) is 24.4 Å². The van der Waals surface area contributed by atoms with Crippen LogP contribution in [0.25, 0.3) is 5.69 Å². The quantitative estimate of drug-likeness (QED) is 0.658. The molecule has 0 bridgehead atoms. The lowest BCUT2D eigenvalue weighted by molar-refractivity contribution is 0.101. The van der Waals surface area contributed by atoms with Gasteiger partial charge < -0.3 is 4.90 Å². The summed E-state index contributed by atoms with van der Waals surface area (Å²) >= 11 is 1.49. The van der Waals surface area contributed by atoms with Gasteiger partial charge in [-0.25, -0.2) is 10.1 Å². The second-order valence-corrected chi connectivity index (χ2v) is 7.06. The molecule has 1 amide bonds. The zero-order chi connectivity index (χ0) is 18.6. The van der Waals surface area contributed by atoms with Crippen molar-refractivity contribution in [3.63, 3.8) is 0 Å². The van der Waals surface area contributed by atoms with Crippen molar-refractivity contribution in [2.24, 2.45) is 0 Å². The van der Waals surface area contributed by atoms with Gasteiger partial charge in [0, 0.05) is 18.8 Å². The lowest BCUT2D eigenvalue weighted by Crippen LogP contribution is -2.30. The summed E-state index contributed by atoms with van der Waals surface area (Å²) in [6.07, 6.45) is 7.04. The Balaban J connectivity index is 1.56. The number of rotatable bonds is 5. The fourth-order valence-electron chi connectivity index (χ4n) is 3.18. The molecule has 8 nitrogen and oxygen atoms in total. The lowest BCUT2D eigenvalue weighted by Gasteiger charge is -2.24. The van der Waals surface area contributed by atoms with Crippen molar-refractivity contribution in [1.82, 2.24) is 24.7 Å². The number of nitrogens with one attached hydrogen (secondary N) is 2. The largest absolute Gasteiger partial charge is 0.340 e. The summed E-state index contributed by atoms with van der Waals surface area (Å²) in [5.41, 5.74) is 1.33. The summed E-state index contributed by atoms with van der Waals surface area (Å²) in [5.74, 6) is 0.687. The highest BCUT2D eigenvalue weighted by molar-refractivity contribution is 7.98. The number of amides is 1. The Bertz CT molecular complexity index is 915. The molecular formula is C18H21N7OS. The van der Waals surface area contributed by atoms with Crippen LogP contribution in [-0.4, -0.2) is 50.0 Å². The van der Waals surface area contributed by atoms with Gasteiger partial charge in [-0.2, -0.15) is 4.98 Å². The number of para-hydroxylation sites is 1. The van der Waals surface area contributed by atoms with Crippen LogP contribution >= 0.6 is 11.8 Å². The minimum atomic E-state index is -0.284. The van der Waals surface area contributed by atoms with Crippen molar-refractivity contribution in [2.75, 3.05) is 29.6 Å². The highest BCUT2D eigenvalue weighted by Gasteiger charge is 2.20. The van der Waals surface area contributed by atoms with Gasteiger partial charge in [-0.3, -0.25) is 14.7 Å². The maximum absolute atomic E-state index is 12.8. The SMILES string of the molecule is CSc1ncc(C(=O)Nc2nc(N3CCCCC3)n[nH]2)n1-c1ccccc1. The summed E-state index contributed by atoms with van der Waals surface area (Å²) in [6.45, 7) is 1.90. The molecule has 0 atom stereocenters. The monoisotopic (exact) mass is 383 g/mol. The van der Waals surface area contributed by atoms with E-state index >= 15 is 0 Å². The minimum absolute atomic E-state index is 0.284. The molecule has 27 heavy (non-hydrogen) atoms. The van der Waals surface area contributed by atoms with Crippen molar-refractivity contribution in [1.29, 1.82) is 0 Å². The maximum atomic E-state index is 12.8. The molecule has 0 spiro atoms. The van der Waals surface area contributed by atoms with Crippen molar-refractivity contribution < 1.29 is 4.79 Å². The van der Waals surface area contributed by atoms with Crippen molar-refractivity contribution >= 4 is 29.6 Å². The third kappa shape index (κ3) is 3.68. The summed E-state index contributed by atoms with van der Waals surface area (Å²) in [7, 11) is 0. The van der Waals surface area contributed by atoms with Gasteiger partial charge in [0.05, 0.1) is 6.20 Å². The van der Waals surface area contributed by atoms with Gasteiger partial charge in [0.1, 0.15) is 5.69 Å². The summed E-state index contributed by atoms with van der Waals surface area (Å²) in [4.78, 5) is 23.8. The number of aromatic nitrogens is 5. The number of thioether (sulfide) groups is 1. The molecule has 9 heteroatoms. The van der Waals surface area contributed by atoms with Crippen LogP contribution in [0, 0.1) is 0 Å². The molecule has 0 aliphatic carbocycles. The lowest BCUT2D eigenvalue weighted by atomic mass is 10.1. The predicted molar refractivity (Wildman–Crippen MR) is 106 cm³/mol. The van der Waals surface area contributed by atoms with Crippen LogP contribution in [0.4, 0.5) is 11.9 Å². The van der Waals surface area contributed by atoms with E-state index in [1.165, 1.54) is 18.2 Å². The molecule has 1 aromatic carbocycles. The number of carbonyl (C=O) groups is 1. The molecule has 2 N–H and O–H groups in total. The van der Waals surface area contributed by atoms with E-state index in [0.717, 1.165) is 36.8 Å². The van der Waals surface area contributed by atoms with Crippen LogP contribution in [0.5, 0.6) is 0 Å². The fraction of sp³-hybridized carbons (Fsp3) is 0.333. The Morgan fingerprint density at radius 1 is 1.19 bits per heavy atom. The Kier molecular flexibility index (Phi) is 5.10. The van der Waals surface area contributed by atoms with Crippen LogP contribution in [0.15, 0.2) is 41.7 Å². The minimum Gasteiger partial charge on any atom is -0.340 e. The van der Waals surface area contributed by atoms with E-state index in [1.54, 1.807) is 6.20 Å². The van der Waals surface area contributed by atoms with Crippen LogP contribution in [0.3, 0.4) is 0 Å². The number of carbonyl (C=O) groups excluding carboxylic acids is 1. The van der Waals surface area contributed by atoms with E-state index in [-0.39, 0.29) is 5.91 Å². The van der Waals surface area contributed by atoms with Gasteiger partial charge in [0.25, 0.3) is 5.91 Å². The smallest absolute Gasteiger partial charge is 0.276 e. The number of aromatic amines is 1. The zero-order valence-electron chi connectivity index (χ0n) is 15.1. The van der Waals surface area contributed by atoms with E-state index in [4.69, 9.17) is 0 Å². The molecule has 1 aliphatic rings. The van der Waals surface area contributed by atoms with Crippen molar-refractivity contribution in [3.8, 4) is 5.69 Å². The van der Waals surface area contributed by atoms with E-state index < -0.39 is 0 Å². The molecule has 0 unspecified atom stereocenters. The predicted octanol–water partition coefficient (Wildman–Crippen LogP) is 2.95. The van der Waals surface area contributed by atoms with Crippen molar-refractivity contribution in [3.05, 3.63) is 42.2 Å². The van der Waals surface area contributed by atoms with E-state index in [9.17, 15) is 4.79 Å². The molecule has 4 rings (SSSR count). The summed E-state index contributed by atoms with van der Waals surface area (Å²) in [5, 5.41) is 10.6. The molecule has 0 radical (unpaired) electrons. The van der Waals surface area contributed by atoms with Gasteiger partial charge in [0.15, 0.2) is 5.16 Å². The van der Waals surface area contributed by atoms with Crippen LogP contribution in [0.1, 0.15) is 29.8 Å². The number of anilines is 2. The van der Waals surface area contributed by atoms with Crippen LogP contribution < -0.4 is 10.2 Å². The van der Waals surface area contributed by atoms with E-state index in [2.05, 4.69) is 30.4 Å². The first-order valence-electron chi connectivity index (χ1n) is 8.92. The molecule has 1 fully saturated rings. The molecule has 140 valence electrons. The Morgan fingerprint density at radius 3 is 2.70 bits per heavy atom. The first-order chi connectivity index (χ1) is 13.3. The first-order valence-corrected chi connectivity index (χ1v) is 10.1. The van der Waals surface area contributed by atoms with Gasteiger partial charge in [-0.05, 0) is 37.7 Å². The first kappa shape index (κ1) is 17.6. The maximum Gasteiger partial charge on any atom is 0.276 e. The standard InChI is InChI=1S/C18H21N7OS/c1-27-18-19-12-14(25(18)13-8-4-2-5-9-13)15(26)20-16-21-17(23-22-16)24-10-6-3-7-11-24/h2,4-5,8-9,12H,3,6-7,10-11H2,1H3,(H2,20,21,22,23,26). The van der Waals surface area contributed by atoms with Gasteiger partial charge in [-0.1, -0.05) is 30.0 Å². The Morgan fingerprint density at radius 2 is 1.96 bits per heavy atom.